The van der Waals surface area contributed by atoms with Crippen LogP contribution in [0.1, 0.15) is 23.0 Å². The van der Waals surface area contributed by atoms with Gasteiger partial charge in [0.25, 0.3) is 5.91 Å². The van der Waals surface area contributed by atoms with Gasteiger partial charge in [-0.2, -0.15) is 13.2 Å². The molecule has 0 spiro atoms. The molecule has 2 amide bonds. The minimum atomic E-state index is -4.67. The van der Waals surface area contributed by atoms with Crippen LogP contribution in [-0.2, 0) is 11.0 Å². The Balaban J connectivity index is 2.21. The van der Waals surface area contributed by atoms with Gasteiger partial charge in [-0.25, -0.2) is 0 Å². The molecule has 0 saturated heterocycles. The van der Waals surface area contributed by atoms with E-state index in [1.54, 1.807) is 19.2 Å². The molecular formula is C16H14F3N3O2. The van der Waals surface area contributed by atoms with E-state index in [0.29, 0.717) is 11.4 Å². The molecule has 0 unspecified atom stereocenters. The summed E-state index contributed by atoms with van der Waals surface area (Å²) in [6, 6.07) is 8.03. The molecule has 1 aromatic carbocycles. The predicted octanol–water partition coefficient (Wildman–Crippen LogP) is 3.34. The highest BCUT2D eigenvalue weighted by Gasteiger charge is 2.35. The van der Waals surface area contributed by atoms with Gasteiger partial charge in [-0.1, -0.05) is 0 Å². The summed E-state index contributed by atoms with van der Waals surface area (Å²) in [5.41, 5.74) is -0.917. The van der Waals surface area contributed by atoms with E-state index in [9.17, 15) is 22.8 Å². The van der Waals surface area contributed by atoms with Crippen molar-refractivity contribution in [1.29, 1.82) is 0 Å². The molecular weight excluding hydrogens is 323 g/mol. The van der Waals surface area contributed by atoms with Gasteiger partial charge in [0, 0.05) is 31.5 Å². The Labute approximate surface area is 136 Å². The number of aromatic nitrogens is 1. The van der Waals surface area contributed by atoms with Gasteiger partial charge in [-0.3, -0.25) is 14.6 Å². The van der Waals surface area contributed by atoms with Gasteiger partial charge in [0.15, 0.2) is 0 Å². The summed E-state index contributed by atoms with van der Waals surface area (Å²) in [5.74, 6) is -1.13. The van der Waals surface area contributed by atoms with E-state index >= 15 is 0 Å². The summed E-state index contributed by atoms with van der Waals surface area (Å²) in [6.45, 7) is 1.40. The first-order valence-electron chi connectivity index (χ1n) is 6.88. The van der Waals surface area contributed by atoms with Crippen LogP contribution in [0.25, 0.3) is 0 Å². The van der Waals surface area contributed by atoms with Crippen molar-refractivity contribution in [3.63, 3.8) is 0 Å². The van der Waals surface area contributed by atoms with Crippen molar-refractivity contribution in [3.8, 4) is 0 Å². The van der Waals surface area contributed by atoms with Crippen molar-refractivity contribution in [3.05, 3.63) is 53.9 Å². The second-order valence-corrected chi connectivity index (χ2v) is 4.98. The highest BCUT2D eigenvalue weighted by molar-refractivity contribution is 6.04. The molecule has 2 aromatic rings. The van der Waals surface area contributed by atoms with Crippen molar-refractivity contribution in [2.75, 3.05) is 17.3 Å². The Hall–Kier alpha value is -2.90. The van der Waals surface area contributed by atoms with Crippen LogP contribution < -0.4 is 10.2 Å². The molecule has 0 radical (unpaired) electrons. The van der Waals surface area contributed by atoms with Crippen LogP contribution in [-0.4, -0.2) is 23.8 Å². The summed E-state index contributed by atoms with van der Waals surface area (Å²) in [6.07, 6.45) is -3.55. The van der Waals surface area contributed by atoms with Crippen LogP contribution in [0.2, 0.25) is 0 Å². The van der Waals surface area contributed by atoms with Gasteiger partial charge in [0.2, 0.25) is 5.91 Å². The van der Waals surface area contributed by atoms with Crippen LogP contribution in [0, 0.1) is 0 Å². The average molecular weight is 337 g/mol. The topological polar surface area (TPSA) is 62.3 Å². The molecule has 1 heterocycles. The maximum atomic E-state index is 12.9. The second kappa shape index (κ2) is 6.69. The molecule has 0 fully saturated rings. The molecule has 24 heavy (non-hydrogen) atoms. The van der Waals surface area contributed by atoms with Crippen molar-refractivity contribution < 1.29 is 22.8 Å². The van der Waals surface area contributed by atoms with Gasteiger partial charge < -0.3 is 10.2 Å². The summed E-state index contributed by atoms with van der Waals surface area (Å²) in [7, 11) is 1.58. The number of pyridine rings is 1. The minimum absolute atomic E-state index is 0.171. The fourth-order valence-corrected chi connectivity index (χ4v) is 1.96. The Morgan fingerprint density at radius 3 is 2.29 bits per heavy atom. The average Bonchev–Trinajstić information content (AvgIpc) is 2.54. The van der Waals surface area contributed by atoms with E-state index in [1.807, 2.05) is 0 Å². The lowest BCUT2D eigenvalue weighted by molar-refractivity contribution is -0.138. The third-order valence-electron chi connectivity index (χ3n) is 3.31. The standard InChI is InChI=1S/C16H14F3N3O2/c1-10(23)22(2)12-7-5-11(6-8-12)21-15(24)14-13(16(17,18)19)4-3-9-20-14/h3-9H,1-2H3,(H,21,24). The van der Waals surface area contributed by atoms with Gasteiger partial charge in [0.05, 0.1) is 5.56 Å². The number of anilines is 2. The molecule has 0 atom stereocenters. The number of amides is 2. The number of rotatable bonds is 3. The van der Waals surface area contributed by atoms with E-state index in [2.05, 4.69) is 10.3 Å². The lowest BCUT2D eigenvalue weighted by atomic mass is 10.1. The molecule has 0 saturated carbocycles. The maximum absolute atomic E-state index is 12.9. The second-order valence-electron chi connectivity index (χ2n) is 4.98. The highest BCUT2D eigenvalue weighted by Crippen LogP contribution is 2.31. The number of benzene rings is 1. The minimum Gasteiger partial charge on any atom is -0.321 e. The molecule has 8 heteroatoms. The van der Waals surface area contributed by atoms with Crippen LogP contribution in [0.4, 0.5) is 24.5 Å². The largest absolute Gasteiger partial charge is 0.418 e. The number of hydrogen-bond donors (Lipinski definition) is 1. The van der Waals surface area contributed by atoms with Crippen LogP contribution in [0.5, 0.6) is 0 Å². The Bertz CT molecular complexity index is 758. The van der Waals surface area contributed by atoms with Gasteiger partial charge >= 0.3 is 6.18 Å². The Morgan fingerprint density at radius 1 is 1.12 bits per heavy atom. The summed E-state index contributed by atoms with van der Waals surface area (Å²) >= 11 is 0. The van der Waals surface area contributed by atoms with E-state index < -0.39 is 23.3 Å². The van der Waals surface area contributed by atoms with E-state index in [1.165, 1.54) is 24.0 Å². The molecule has 126 valence electrons. The summed E-state index contributed by atoms with van der Waals surface area (Å²) < 4.78 is 38.7. The number of carbonyl (C=O) groups excluding carboxylic acids is 2. The monoisotopic (exact) mass is 337 g/mol. The number of halogens is 3. The van der Waals surface area contributed by atoms with Gasteiger partial charge in [0.1, 0.15) is 5.69 Å². The SMILES string of the molecule is CC(=O)N(C)c1ccc(NC(=O)c2ncccc2C(F)(F)F)cc1. The maximum Gasteiger partial charge on any atom is 0.418 e. The van der Waals surface area contributed by atoms with Crippen LogP contribution >= 0.6 is 0 Å². The first-order chi connectivity index (χ1) is 11.2. The molecule has 0 bridgehead atoms. The van der Waals surface area contributed by atoms with E-state index in [4.69, 9.17) is 0 Å². The summed E-state index contributed by atoms with van der Waals surface area (Å²) in [5, 5.41) is 2.36. The number of alkyl halides is 3. The zero-order valence-electron chi connectivity index (χ0n) is 12.9. The molecule has 1 N–H and O–H groups in total. The lowest BCUT2D eigenvalue weighted by Gasteiger charge is -2.15. The number of nitrogens with zero attached hydrogens (tertiary/aromatic N) is 2. The van der Waals surface area contributed by atoms with Crippen molar-refractivity contribution in [2.24, 2.45) is 0 Å². The molecule has 1 aromatic heterocycles. The van der Waals surface area contributed by atoms with E-state index in [0.717, 1.165) is 18.3 Å². The third-order valence-corrected chi connectivity index (χ3v) is 3.31. The molecule has 0 aliphatic carbocycles. The highest BCUT2D eigenvalue weighted by atomic mass is 19.4. The van der Waals surface area contributed by atoms with E-state index in [-0.39, 0.29) is 5.91 Å². The van der Waals surface area contributed by atoms with Crippen molar-refractivity contribution in [1.82, 2.24) is 4.98 Å². The molecule has 2 rings (SSSR count). The number of nitrogens with one attached hydrogen (secondary N) is 1. The first kappa shape index (κ1) is 17.5. The van der Waals surface area contributed by atoms with Crippen LogP contribution in [0.3, 0.4) is 0 Å². The quantitative estimate of drug-likeness (QED) is 0.934. The van der Waals surface area contributed by atoms with Gasteiger partial charge in [-0.05, 0) is 36.4 Å². The molecule has 5 nitrogen and oxygen atoms in total. The molecule has 0 aliphatic heterocycles. The fraction of sp³-hybridized carbons (Fsp3) is 0.188. The third kappa shape index (κ3) is 3.89. The number of hydrogen-bond acceptors (Lipinski definition) is 3. The zero-order valence-corrected chi connectivity index (χ0v) is 12.9. The first-order valence-corrected chi connectivity index (χ1v) is 6.88. The lowest BCUT2D eigenvalue weighted by Crippen LogP contribution is -2.23. The Kier molecular flexibility index (Phi) is 4.87. The van der Waals surface area contributed by atoms with Crippen molar-refractivity contribution in [2.45, 2.75) is 13.1 Å². The Morgan fingerprint density at radius 2 is 1.75 bits per heavy atom. The van der Waals surface area contributed by atoms with Crippen molar-refractivity contribution >= 4 is 23.2 Å². The summed E-state index contributed by atoms with van der Waals surface area (Å²) in [4.78, 5) is 28.3. The fourth-order valence-electron chi connectivity index (χ4n) is 1.96. The smallest absolute Gasteiger partial charge is 0.321 e. The molecule has 0 aliphatic rings. The van der Waals surface area contributed by atoms with Gasteiger partial charge in [-0.15, -0.1) is 0 Å². The number of carbonyl (C=O) groups is 2. The zero-order chi connectivity index (χ0) is 17.9. The normalized spacial score (nSPS) is 11.0. The predicted molar refractivity (Wildman–Crippen MR) is 82.7 cm³/mol. The van der Waals surface area contributed by atoms with Crippen LogP contribution in [0.15, 0.2) is 42.6 Å².